The summed E-state index contributed by atoms with van der Waals surface area (Å²) in [5.41, 5.74) is 5.84. The Kier molecular flexibility index (Phi) is 6.96. The Hall–Kier alpha value is -0.160. The molecule has 0 radical (unpaired) electrons. The molecule has 16 heavy (non-hydrogen) atoms. The molecule has 0 heterocycles. The maximum absolute atomic E-state index is 9.07. The molecule has 0 aromatic carbocycles. The minimum Gasteiger partial charge on any atom is -0.395 e. The van der Waals surface area contributed by atoms with E-state index in [-0.39, 0.29) is 13.2 Å². The molecule has 96 valence electrons. The molecule has 1 fully saturated rings. The van der Waals surface area contributed by atoms with Crippen LogP contribution in [-0.4, -0.2) is 54.0 Å². The van der Waals surface area contributed by atoms with Gasteiger partial charge in [0.1, 0.15) is 0 Å². The average Bonchev–Trinajstić information content (AvgIpc) is 2.53. The third kappa shape index (κ3) is 4.01. The summed E-state index contributed by atoms with van der Waals surface area (Å²) in [7, 11) is 0. The van der Waals surface area contributed by atoms with Crippen molar-refractivity contribution in [3.05, 3.63) is 0 Å². The molecule has 2 atom stereocenters. The third-order valence-electron chi connectivity index (χ3n) is 3.67. The van der Waals surface area contributed by atoms with Crippen LogP contribution in [0.4, 0.5) is 0 Å². The summed E-state index contributed by atoms with van der Waals surface area (Å²) < 4.78 is 0. The van der Waals surface area contributed by atoms with Crippen LogP contribution in [0.1, 0.15) is 32.1 Å². The highest BCUT2D eigenvalue weighted by Crippen LogP contribution is 2.26. The van der Waals surface area contributed by atoms with Crippen molar-refractivity contribution in [1.29, 1.82) is 0 Å². The molecule has 0 saturated heterocycles. The van der Waals surface area contributed by atoms with E-state index in [0.717, 1.165) is 13.0 Å². The SMILES string of the molecule is NCC1CCCCCC1N(CCO)CCO. The molecule has 1 rings (SSSR count). The number of aliphatic hydroxyl groups excluding tert-OH is 2. The zero-order chi connectivity index (χ0) is 11.8. The average molecular weight is 230 g/mol. The van der Waals surface area contributed by atoms with Gasteiger partial charge >= 0.3 is 0 Å². The Bertz CT molecular complexity index is 172. The van der Waals surface area contributed by atoms with Crippen LogP contribution < -0.4 is 5.73 Å². The Labute approximate surface area is 98.4 Å². The molecule has 0 aromatic rings. The second-order valence-corrected chi connectivity index (χ2v) is 4.68. The molecule has 0 spiro atoms. The summed E-state index contributed by atoms with van der Waals surface area (Å²) in [5, 5.41) is 18.1. The monoisotopic (exact) mass is 230 g/mol. The molecule has 4 N–H and O–H groups in total. The Morgan fingerprint density at radius 2 is 1.62 bits per heavy atom. The topological polar surface area (TPSA) is 69.7 Å². The zero-order valence-corrected chi connectivity index (χ0v) is 10.1. The maximum atomic E-state index is 9.07. The van der Waals surface area contributed by atoms with Gasteiger partial charge in [-0.15, -0.1) is 0 Å². The van der Waals surface area contributed by atoms with Gasteiger partial charge in [0, 0.05) is 19.1 Å². The van der Waals surface area contributed by atoms with E-state index in [1.807, 2.05) is 0 Å². The van der Waals surface area contributed by atoms with Gasteiger partial charge in [-0.1, -0.05) is 19.3 Å². The first kappa shape index (κ1) is 13.9. The minimum absolute atomic E-state index is 0.161. The molecule has 4 heteroatoms. The lowest BCUT2D eigenvalue weighted by molar-refractivity contribution is 0.0877. The van der Waals surface area contributed by atoms with E-state index in [0.29, 0.717) is 25.0 Å². The van der Waals surface area contributed by atoms with Crippen LogP contribution in [-0.2, 0) is 0 Å². The Morgan fingerprint density at radius 3 is 2.19 bits per heavy atom. The first-order chi connectivity index (χ1) is 7.83. The predicted molar refractivity (Wildman–Crippen MR) is 65.2 cm³/mol. The van der Waals surface area contributed by atoms with E-state index < -0.39 is 0 Å². The number of rotatable bonds is 6. The second kappa shape index (κ2) is 8.01. The van der Waals surface area contributed by atoms with Crippen molar-refractivity contribution in [2.45, 2.75) is 38.1 Å². The van der Waals surface area contributed by atoms with Crippen LogP contribution in [0.15, 0.2) is 0 Å². The molecule has 1 aliphatic rings. The summed E-state index contributed by atoms with van der Waals surface area (Å²) in [6, 6.07) is 0.451. The van der Waals surface area contributed by atoms with Gasteiger partial charge in [-0.25, -0.2) is 0 Å². The number of aliphatic hydroxyl groups is 2. The van der Waals surface area contributed by atoms with Crippen molar-refractivity contribution in [1.82, 2.24) is 4.90 Å². The van der Waals surface area contributed by atoms with Crippen LogP contribution in [0.25, 0.3) is 0 Å². The van der Waals surface area contributed by atoms with Gasteiger partial charge in [0.2, 0.25) is 0 Å². The van der Waals surface area contributed by atoms with Crippen LogP contribution in [0.5, 0.6) is 0 Å². The van der Waals surface area contributed by atoms with E-state index in [4.69, 9.17) is 15.9 Å². The van der Waals surface area contributed by atoms with E-state index in [9.17, 15) is 0 Å². The highest BCUT2D eigenvalue weighted by atomic mass is 16.3. The van der Waals surface area contributed by atoms with Gasteiger partial charge in [-0.3, -0.25) is 4.90 Å². The fourth-order valence-corrected chi connectivity index (χ4v) is 2.82. The van der Waals surface area contributed by atoms with Crippen molar-refractivity contribution < 1.29 is 10.2 Å². The van der Waals surface area contributed by atoms with Gasteiger partial charge in [-0.2, -0.15) is 0 Å². The van der Waals surface area contributed by atoms with E-state index in [2.05, 4.69) is 4.90 Å². The third-order valence-corrected chi connectivity index (χ3v) is 3.67. The Balaban J connectivity index is 2.60. The van der Waals surface area contributed by atoms with Crippen LogP contribution >= 0.6 is 0 Å². The molecule has 0 aromatic heterocycles. The smallest absolute Gasteiger partial charge is 0.0558 e. The molecule has 4 nitrogen and oxygen atoms in total. The standard InChI is InChI=1S/C12H26N2O2/c13-10-11-4-2-1-3-5-12(11)14(6-8-15)7-9-16/h11-12,15-16H,1-10,13H2. The first-order valence-electron chi connectivity index (χ1n) is 6.49. The number of hydrogen-bond acceptors (Lipinski definition) is 4. The number of hydrogen-bond donors (Lipinski definition) is 3. The second-order valence-electron chi connectivity index (χ2n) is 4.68. The van der Waals surface area contributed by atoms with E-state index in [1.54, 1.807) is 0 Å². The summed E-state index contributed by atoms with van der Waals surface area (Å²) >= 11 is 0. The van der Waals surface area contributed by atoms with Crippen LogP contribution in [0.3, 0.4) is 0 Å². The Morgan fingerprint density at radius 1 is 1.00 bits per heavy atom. The zero-order valence-electron chi connectivity index (χ0n) is 10.1. The molecule has 1 aliphatic carbocycles. The lowest BCUT2D eigenvalue weighted by Gasteiger charge is -2.35. The highest BCUT2D eigenvalue weighted by molar-refractivity contribution is 4.82. The fourth-order valence-electron chi connectivity index (χ4n) is 2.82. The number of nitrogens with zero attached hydrogens (tertiary/aromatic N) is 1. The van der Waals surface area contributed by atoms with E-state index >= 15 is 0 Å². The maximum Gasteiger partial charge on any atom is 0.0558 e. The van der Waals surface area contributed by atoms with Gasteiger partial charge in [0.05, 0.1) is 13.2 Å². The van der Waals surface area contributed by atoms with Crippen molar-refractivity contribution in [3.63, 3.8) is 0 Å². The lowest BCUT2D eigenvalue weighted by atomic mass is 9.93. The van der Waals surface area contributed by atoms with Gasteiger partial charge in [0.15, 0.2) is 0 Å². The minimum atomic E-state index is 0.161. The van der Waals surface area contributed by atoms with Gasteiger partial charge in [0.25, 0.3) is 0 Å². The molecule has 2 unspecified atom stereocenters. The van der Waals surface area contributed by atoms with Crippen LogP contribution in [0, 0.1) is 5.92 Å². The fraction of sp³-hybridized carbons (Fsp3) is 1.00. The van der Waals surface area contributed by atoms with E-state index in [1.165, 1.54) is 25.7 Å². The van der Waals surface area contributed by atoms with Crippen molar-refractivity contribution in [3.8, 4) is 0 Å². The lowest BCUT2D eigenvalue weighted by Crippen LogP contribution is -2.45. The first-order valence-corrected chi connectivity index (χ1v) is 6.49. The van der Waals surface area contributed by atoms with Crippen molar-refractivity contribution >= 4 is 0 Å². The van der Waals surface area contributed by atoms with Crippen molar-refractivity contribution in [2.75, 3.05) is 32.8 Å². The molecular formula is C12H26N2O2. The molecule has 0 amide bonds. The summed E-state index contributed by atoms with van der Waals surface area (Å²) in [6.45, 7) is 2.35. The summed E-state index contributed by atoms with van der Waals surface area (Å²) in [4.78, 5) is 2.21. The highest BCUT2D eigenvalue weighted by Gasteiger charge is 2.27. The molecular weight excluding hydrogens is 204 g/mol. The van der Waals surface area contributed by atoms with Crippen molar-refractivity contribution in [2.24, 2.45) is 11.7 Å². The van der Waals surface area contributed by atoms with Gasteiger partial charge in [-0.05, 0) is 25.3 Å². The predicted octanol–water partition coefficient (Wildman–Crippen LogP) is 0.181. The summed E-state index contributed by atoms with van der Waals surface area (Å²) in [5.74, 6) is 0.528. The van der Waals surface area contributed by atoms with Crippen LogP contribution in [0.2, 0.25) is 0 Å². The summed E-state index contributed by atoms with van der Waals surface area (Å²) in [6.07, 6.45) is 6.15. The molecule has 1 saturated carbocycles. The van der Waals surface area contributed by atoms with Gasteiger partial charge < -0.3 is 15.9 Å². The normalized spacial score (nSPS) is 27.0. The largest absolute Gasteiger partial charge is 0.395 e. The number of nitrogens with two attached hydrogens (primary N) is 1. The molecule has 0 aliphatic heterocycles. The molecule has 0 bridgehead atoms. The quantitative estimate of drug-likeness (QED) is 0.569.